The van der Waals surface area contributed by atoms with Gasteiger partial charge in [0.05, 0.1) is 5.56 Å². The number of hydrogen-bond donors (Lipinski definition) is 1. The maximum absolute atomic E-state index is 13.3. The first-order valence-corrected chi connectivity index (χ1v) is 13.8. The van der Waals surface area contributed by atoms with Gasteiger partial charge in [0.1, 0.15) is 11.5 Å². The minimum absolute atomic E-state index is 0.330. The molecule has 1 N–H and O–H groups in total. The van der Waals surface area contributed by atoms with Crippen LogP contribution in [0.4, 0.5) is 11.4 Å². The Balaban J connectivity index is 1.27. The quantitative estimate of drug-likeness (QED) is 0.226. The molecule has 0 amide bonds. The Morgan fingerprint density at radius 3 is 2.49 bits per heavy atom. The highest BCUT2D eigenvalue weighted by atomic mass is 16.6. The summed E-state index contributed by atoms with van der Waals surface area (Å²) >= 11 is 0. The van der Waals surface area contributed by atoms with Crippen molar-refractivity contribution in [3.05, 3.63) is 149 Å². The second-order valence-electron chi connectivity index (χ2n) is 10.4. The number of carbonyl (C=O) groups excluding carboxylic acids is 1. The fourth-order valence-corrected chi connectivity index (χ4v) is 5.77. The van der Waals surface area contributed by atoms with E-state index in [0.717, 1.165) is 52.3 Å². The third-order valence-electron chi connectivity index (χ3n) is 7.90. The van der Waals surface area contributed by atoms with Gasteiger partial charge in [-0.3, -0.25) is 4.98 Å². The lowest BCUT2D eigenvalue weighted by molar-refractivity contribution is 0.0224. The van der Waals surface area contributed by atoms with E-state index < -0.39 is 5.60 Å². The molecule has 7 rings (SSSR count). The molecule has 41 heavy (non-hydrogen) atoms. The Labute approximate surface area is 239 Å². The van der Waals surface area contributed by atoms with Gasteiger partial charge in [-0.05, 0) is 60.2 Å². The predicted octanol–water partition coefficient (Wildman–Crippen LogP) is 6.94. The molecule has 0 radical (unpaired) electrons. The average molecular weight is 540 g/mol. The van der Waals surface area contributed by atoms with Gasteiger partial charge < -0.3 is 19.7 Å². The van der Waals surface area contributed by atoms with E-state index in [1.165, 1.54) is 0 Å². The Hall–Kier alpha value is -5.10. The number of nitrogens with zero attached hydrogens (tertiary/aromatic N) is 2. The molecule has 6 heteroatoms. The third-order valence-corrected chi connectivity index (χ3v) is 7.90. The van der Waals surface area contributed by atoms with Gasteiger partial charge in [-0.2, -0.15) is 0 Å². The molecule has 0 saturated carbocycles. The molecule has 1 spiro atoms. The summed E-state index contributed by atoms with van der Waals surface area (Å²) in [6, 6.07) is 36.0. The monoisotopic (exact) mass is 539 g/mol. The number of carbonyl (C=O) groups is 1. The number of anilines is 2. The van der Waals surface area contributed by atoms with Crippen molar-refractivity contribution < 1.29 is 14.3 Å². The summed E-state index contributed by atoms with van der Waals surface area (Å²) < 4.78 is 12.9. The number of ether oxygens (including phenoxy) is 2. The van der Waals surface area contributed by atoms with Crippen LogP contribution in [0.25, 0.3) is 0 Å². The van der Waals surface area contributed by atoms with Crippen LogP contribution < -0.4 is 15.0 Å². The highest BCUT2D eigenvalue weighted by Crippen LogP contribution is 2.56. The van der Waals surface area contributed by atoms with Gasteiger partial charge in [0.15, 0.2) is 5.60 Å². The van der Waals surface area contributed by atoms with Crippen LogP contribution in [0, 0.1) is 0 Å². The predicted molar refractivity (Wildman–Crippen MR) is 160 cm³/mol. The smallest absolute Gasteiger partial charge is 0.340 e. The minimum Gasteiger partial charge on any atom is -0.456 e. The first-order valence-electron chi connectivity index (χ1n) is 13.8. The number of nitrogens with one attached hydrogen (secondary N) is 1. The normalized spacial score (nSPS) is 16.3. The number of esters is 1. The Morgan fingerprint density at radius 1 is 0.805 bits per heavy atom. The number of hydrogen-bond acceptors (Lipinski definition) is 6. The fourth-order valence-electron chi connectivity index (χ4n) is 5.77. The van der Waals surface area contributed by atoms with Crippen LogP contribution in [0.15, 0.2) is 115 Å². The number of para-hydroxylation sites is 1. The summed E-state index contributed by atoms with van der Waals surface area (Å²) in [5.74, 6) is 1.03. The van der Waals surface area contributed by atoms with Crippen molar-refractivity contribution in [1.29, 1.82) is 0 Å². The van der Waals surface area contributed by atoms with Crippen LogP contribution in [-0.2, 0) is 23.3 Å². The van der Waals surface area contributed by atoms with Crippen molar-refractivity contribution in [2.75, 3.05) is 23.8 Å². The Kier molecular flexibility index (Phi) is 6.16. The van der Waals surface area contributed by atoms with E-state index in [1.807, 2.05) is 97.2 Å². The van der Waals surface area contributed by atoms with Crippen molar-refractivity contribution in [2.24, 2.45) is 0 Å². The summed E-state index contributed by atoms with van der Waals surface area (Å²) in [6.07, 6.45) is 2.65. The van der Waals surface area contributed by atoms with Crippen molar-refractivity contribution in [3.8, 4) is 11.5 Å². The van der Waals surface area contributed by atoms with Crippen LogP contribution in [0.5, 0.6) is 11.5 Å². The zero-order valence-electron chi connectivity index (χ0n) is 22.7. The van der Waals surface area contributed by atoms with Gasteiger partial charge in [0.25, 0.3) is 0 Å². The number of pyridine rings is 1. The maximum atomic E-state index is 13.3. The number of benzene rings is 4. The van der Waals surface area contributed by atoms with Crippen molar-refractivity contribution >= 4 is 17.3 Å². The second kappa shape index (κ2) is 10.1. The second-order valence-corrected chi connectivity index (χ2v) is 10.4. The summed E-state index contributed by atoms with van der Waals surface area (Å²) in [5.41, 5.74) is 6.13. The lowest BCUT2D eigenvalue weighted by Crippen LogP contribution is -2.33. The van der Waals surface area contributed by atoms with Crippen molar-refractivity contribution in [1.82, 2.24) is 4.98 Å². The lowest BCUT2D eigenvalue weighted by Gasteiger charge is -2.37. The topological polar surface area (TPSA) is 63.7 Å². The average Bonchev–Trinajstić information content (AvgIpc) is 3.32. The molecule has 5 aromatic rings. The van der Waals surface area contributed by atoms with Gasteiger partial charge in [-0.25, -0.2) is 4.79 Å². The Bertz CT molecular complexity index is 1740. The first-order chi connectivity index (χ1) is 20.1. The zero-order chi connectivity index (χ0) is 27.8. The molecule has 3 heterocycles. The molecule has 1 aromatic heterocycles. The van der Waals surface area contributed by atoms with E-state index in [4.69, 9.17) is 9.47 Å². The summed E-state index contributed by atoms with van der Waals surface area (Å²) in [5, 5.41) is 3.48. The molecule has 0 fully saturated rings. The van der Waals surface area contributed by atoms with Gasteiger partial charge in [0.2, 0.25) is 0 Å². The number of likely N-dealkylation sites (N-methyl/N-ethyl adjacent to an activating group) is 1. The molecular weight excluding hydrogens is 510 g/mol. The zero-order valence-corrected chi connectivity index (χ0v) is 22.7. The molecular formula is C35H29N3O3. The summed E-state index contributed by atoms with van der Waals surface area (Å²) in [6.45, 7) is 1.42. The molecule has 0 saturated heterocycles. The van der Waals surface area contributed by atoms with Crippen LogP contribution in [-0.4, -0.2) is 24.5 Å². The lowest BCUT2D eigenvalue weighted by atomic mass is 9.77. The van der Waals surface area contributed by atoms with E-state index in [1.54, 1.807) is 0 Å². The number of rotatable bonds is 7. The summed E-state index contributed by atoms with van der Waals surface area (Å²) in [4.78, 5) is 19.9. The van der Waals surface area contributed by atoms with Gasteiger partial charge in [-0.15, -0.1) is 0 Å². The van der Waals surface area contributed by atoms with Gasteiger partial charge in [-0.1, -0.05) is 48.5 Å². The molecule has 6 nitrogen and oxygen atoms in total. The highest BCUT2D eigenvalue weighted by Gasteiger charge is 2.53. The van der Waals surface area contributed by atoms with E-state index >= 15 is 0 Å². The van der Waals surface area contributed by atoms with E-state index in [2.05, 4.69) is 40.4 Å². The van der Waals surface area contributed by atoms with Crippen LogP contribution in [0.1, 0.15) is 38.3 Å². The highest BCUT2D eigenvalue weighted by molar-refractivity contribution is 5.97. The van der Waals surface area contributed by atoms with Gasteiger partial charge in [0, 0.05) is 72.6 Å². The SMILES string of the molecule is CN(CCc1ccccn1)c1ccc2c(c1)Oc1ccc(CNc3ccccc3)cc1C21OC(=O)c2ccccc21. The molecule has 202 valence electrons. The molecule has 2 aliphatic rings. The fraction of sp³-hybridized carbons (Fsp3) is 0.143. The molecule has 1 unspecified atom stereocenters. The van der Waals surface area contributed by atoms with Crippen molar-refractivity contribution in [2.45, 2.75) is 18.6 Å². The van der Waals surface area contributed by atoms with E-state index in [-0.39, 0.29) is 5.97 Å². The third kappa shape index (κ3) is 4.38. The van der Waals surface area contributed by atoms with Crippen LogP contribution in [0.2, 0.25) is 0 Å². The van der Waals surface area contributed by atoms with Crippen molar-refractivity contribution in [3.63, 3.8) is 0 Å². The first kappa shape index (κ1) is 24.9. The number of fused-ring (bicyclic) bond motifs is 6. The Morgan fingerprint density at radius 2 is 1.63 bits per heavy atom. The molecule has 1 atom stereocenters. The van der Waals surface area contributed by atoms with Crippen LogP contribution in [0.3, 0.4) is 0 Å². The maximum Gasteiger partial charge on any atom is 0.340 e. The van der Waals surface area contributed by atoms with E-state index in [0.29, 0.717) is 23.6 Å². The number of aromatic nitrogens is 1. The molecule has 2 aliphatic heterocycles. The largest absolute Gasteiger partial charge is 0.456 e. The van der Waals surface area contributed by atoms with E-state index in [9.17, 15) is 4.79 Å². The minimum atomic E-state index is -1.09. The summed E-state index contributed by atoms with van der Waals surface area (Å²) in [7, 11) is 2.06. The van der Waals surface area contributed by atoms with Gasteiger partial charge >= 0.3 is 5.97 Å². The molecule has 4 aromatic carbocycles. The molecule has 0 aliphatic carbocycles. The standard InChI is InChI=1S/C35H29N3O3/c1-38(20-18-26-11-7-8-19-36-26)27-15-16-30-33(22-27)40-32-17-14-24(23-37-25-9-3-2-4-10-25)21-31(32)35(30)29-13-6-5-12-28(29)34(39)41-35/h2-17,19,21-22,37H,18,20,23H2,1H3. The van der Waals surface area contributed by atoms with Crippen LogP contribution >= 0.6 is 0 Å². The molecule has 0 bridgehead atoms.